The molecule has 1 aromatic heterocycles. The van der Waals surface area contributed by atoms with Crippen molar-refractivity contribution < 1.29 is 9.53 Å². The number of ether oxygens (including phenoxy) is 1. The van der Waals surface area contributed by atoms with Crippen molar-refractivity contribution in [2.24, 2.45) is 17.1 Å². The molecule has 24 heavy (non-hydrogen) atoms. The van der Waals surface area contributed by atoms with Crippen LogP contribution in [0.2, 0.25) is 0 Å². The van der Waals surface area contributed by atoms with Crippen molar-refractivity contribution in [2.75, 3.05) is 43.1 Å². The van der Waals surface area contributed by atoms with Crippen molar-refractivity contribution in [1.29, 1.82) is 0 Å². The molecule has 2 aliphatic heterocycles. The molecule has 3 heterocycles. The van der Waals surface area contributed by atoms with Crippen molar-refractivity contribution >= 4 is 17.4 Å². The Bertz CT molecular complexity index is 555. The van der Waals surface area contributed by atoms with E-state index in [1.807, 2.05) is 12.3 Å². The Morgan fingerprint density at radius 1 is 1.46 bits per heavy atom. The Labute approximate surface area is 143 Å². The van der Waals surface area contributed by atoms with Crippen LogP contribution < -0.4 is 16.0 Å². The number of nitrogens with one attached hydrogen (secondary N) is 1. The molecule has 1 amide bonds. The minimum Gasteiger partial charge on any atom is -0.383 e. The van der Waals surface area contributed by atoms with E-state index < -0.39 is 0 Å². The average molecular weight is 332 g/mol. The Morgan fingerprint density at radius 2 is 2.25 bits per heavy atom. The second-order valence-corrected chi connectivity index (χ2v) is 7.37. The lowest BCUT2D eigenvalue weighted by atomic mass is 9.82. The number of hydrogen-bond donors (Lipinski definition) is 2. The summed E-state index contributed by atoms with van der Waals surface area (Å²) in [5, 5.41) is 3.50. The number of anilines is 2. The van der Waals surface area contributed by atoms with Crippen LogP contribution in [0.4, 0.5) is 11.5 Å². The molecule has 0 spiro atoms. The number of nitrogens with two attached hydrogens (primary N) is 1. The molecule has 2 aliphatic rings. The molecule has 0 saturated carbocycles. The number of carbonyl (C=O) groups is 1. The van der Waals surface area contributed by atoms with E-state index in [1.54, 1.807) is 0 Å². The first-order chi connectivity index (χ1) is 11.6. The molecule has 132 valence electrons. The van der Waals surface area contributed by atoms with Crippen molar-refractivity contribution in [1.82, 2.24) is 4.98 Å². The molecular weight excluding hydrogens is 304 g/mol. The summed E-state index contributed by atoms with van der Waals surface area (Å²) in [4.78, 5) is 18.1. The number of primary amides is 1. The first kappa shape index (κ1) is 17.0. The first-order valence-corrected chi connectivity index (χ1v) is 8.88. The van der Waals surface area contributed by atoms with Gasteiger partial charge in [-0.15, -0.1) is 0 Å². The number of pyridine rings is 1. The van der Waals surface area contributed by atoms with Gasteiger partial charge in [0.05, 0.1) is 17.8 Å². The SMILES string of the molecule is CC1(CNc2ccc(N3CCC[C@@H](C(N)=O)C3)nc2)CCOCC1. The quantitative estimate of drug-likeness (QED) is 0.862. The molecule has 2 fully saturated rings. The van der Waals surface area contributed by atoms with Gasteiger partial charge in [-0.25, -0.2) is 4.98 Å². The van der Waals surface area contributed by atoms with E-state index >= 15 is 0 Å². The summed E-state index contributed by atoms with van der Waals surface area (Å²) >= 11 is 0. The normalized spacial score (nSPS) is 23.7. The molecule has 3 N–H and O–H groups in total. The van der Waals surface area contributed by atoms with Gasteiger partial charge >= 0.3 is 0 Å². The number of aromatic nitrogens is 1. The number of piperidine rings is 1. The predicted octanol–water partition coefficient (Wildman–Crippen LogP) is 2.01. The molecule has 0 aromatic carbocycles. The monoisotopic (exact) mass is 332 g/mol. The van der Waals surface area contributed by atoms with Crippen molar-refractivity contribution in [3.8, 4) is 0 Å². The van der Waals surface area contributed by atoms with Crippen LogP contribution in [0.5, 0.6) is 0 Å². The lowest BCUT2D eigenvalue weighted by Crippen LogP contribution is -2.41. The second kappa shape index (κ2) is 7.38. The van der Waals surface area contributed by atoms with E-state index in [9.17, 15) is 4.79 Å². The Morgan fingerprint density at radius 3 is 2.92 bits per heavy atom. The van der Waals surface area contributed by atoms with E-state index in [0.717, 1.165) is 63.5 Å². The summed E-state index contributed by atoms with van der Waals surface area (Å²) in [5.41, 5.74) is 6.78. The van der Waals surface area contributed by atoms with Crippen LogP contribution in [0, 0.1) is 11.3 Å². The summed E-state index contributed by atoms with van der Waals surface area (Å²) in [6, 6.07) is 4.09. The zero-order valence-corrected chi connectivity index (χ0v) is 14.5. The highest BCUT2D eigenvalue weighted by atomic mass is 16.5. The summed E-state index contributed by atoms with van der Waals surface area (Å²) < 4.78 is 5.45. The second-order valence-electron chi connectivity index (χ2n) is 7.37. The summed E-state index contributed by atoms with van der Waals surface area (Å²) in [5.74, 6) is 0.651. The van der Waals surface area contributed by atoms with Gasteiger partial charge in [-0.3, -0.25) is 4.79 Å². The highest BCUT2D eigenvalue weighted by molar-refractivity contribution is 5.77. The lowest BCUT2D eigenvalue weighted by Gasteiger charge is -2.34. The maximum Gasteiger partial charge on any atom is 0.222 e. The summed E-state index contributed by atoms with van der Waals surface area (Å²) in [6.45, 7) is 6.55. The Hall–Kier alpha value is -1.82. The third-order valence-electron chi connectivity index (χ3n) is 5.31. The van der Waals surface area contributed by atoms with Crippen LogP contribution in [-0.2, 0) is 9.53 Å². The van der Waals surface area contributed by atoms with Gasteiger partial charge < -0.3 is 20.7 Å². The average Bonchev–Trinajstić information content (AvgIpc) is 2.61. The molecule has 2 saturated heterocycles. The van der Waals surface area contributed by atoms with Gasteiger partial charge in [0.25, 0.3) is 0 Å². The zero-order chi connectivity index (χ0) is 17.0. The van der Waals surface area contributed by atoms with Crippen LogP contribution in [0.15, 0.2) is 18.3 Å². The fraction of sp³-hybridized carbons (Fsp3) is 0.667. The van der Waals surface area contributed by atoms with Crippen LogP contribution in [0.25, 0.3) is 0 Å². The van der Waals surface area contributed by atoms with Crippen molar-refractivity contribution in [3.05, 3.63) is 18.3 Å². The van der Waals surface area contributed by atoms with Crippen molar-refractivity contribution in [2.45, 2.75) is 32.6 Å². The fourth-order valence-corrected chi connectivity index (χ4v) is 3.45. The Balaban J connectivity index is 1.56. The number of hydrogen-bond acceptors (Lipinski definition) is 5. The molecule has 1 aromatic rings. The Kier molecular flexibility index (Phi) is 5.23. The molecule has 6 nitrogen and oxygen atoms in total. The number of rotatable bonds is 5. The first-order valence-electron chi connectivity index (χ1n) is 8.88. The molecule has 0 unspecified atom stereocenters. The molecule has 6 heteroatoms. The minimum absolute atomic E-state index is 0.0631. The third-order valence-corrected chi connectivity index (χ3v) is 5.31. The molecule has 1 atom stereocenters. The summed E-state index contributed by atoms with van der Waals surface area (Å²) in [7, 11) is 0. The molecule has 3 rings (SSSR count). The van der Waals surface area contributed by atoms with Crippen LogP contribution in [0.1, 0.15) is 32.6 Å². The number of amides is 1. The van der Waals surface area contributed by atoms with E-state index in [2.05, 4.69) is 28.2 Å². The number of nitrogens with zero attached hydrogens (tertiary/aromatic N) is 2. The molecule has 0 aliphatic carbocycles. The van der Waals surface area contributed by atoms with E-state index in [-0.39, 0.29) is 11.8 Å². The van der Waals surface area contributed by atoms with Gasteiger partial charge in [-0.2, -0.15) is 0 Å². The molecule has 0 radical (unpaired) electrons. The van der Waals surface area contributed by atoms with E-state index in [4.69, 9.17) is 10.5 Å². The van der Waals surface area contributed by atoms with Gasteiger partial charge in [0.2, 0.25) is 5.91 Å². The largest absolute Gasteiger partial charge is 0.383 e. The maximum absolute atomic E-state index is 11.4. The molecule has 0 bridgehead atoms. The van der Waals surface area contributed by atoms with Gasteiger partial charge in [0.15, 0.2) is 0 Å². The summed E-state index contributed by atoms with van der Waals surface area (Å²) in [6.07, 6.45) is 5.93. The number of carbonyl (C=O) groups excluding carboxylic acids is 1. The fourth-order valence-electron chi connectivity index (χ4n) is 3.45. The van der Waals surface area contributed by atoms with Crippen LogP contribution in [-0.4, -0.2) is 43.7 Å². The topological polar surface area (TPSA) is 80.5 Å². The standard InChI is InChI=1S/C18H28N4O2/c1-18(6-9-24-10-7-18)13-21-15-4-5-16(20-11-15)22-8-2-3-14(12-22)17(19)23/h4-5,11,14,21H,2-3,6-10,12-13H2,1H3,(H2,19,23)/t14-/m1/s1. The highest BCUT2D eigenvalue weighted by Gasteiger charge is 2.27. The lowest BCUT2D eigenvalue weighted by molar-refractivity contribution is -0.122. The minimum atomic E-state index is -0.206. The van der Waals surface area contributed by atoms with Gasteiger partial charge in [0.1, 0.15) is 5.82 Å². The van der Waals surface area contributed by atoms with Crippen molar-refractivity contribution in [3.63, 3.8) is 0 Å². The van der Waals surface area contributed by atoms with Gasteiger partial charge in [0, 0.05) is 32.8 Å². The highest BCUT2D eigenvalue weighted by Crippen LogP contribution is 2.30. The zero-order valence-electron chi connectivity index (χ0n) is 14.5. The third kappa shape index (κ3) is 4.17. The van der Waals surface area contributed by atoms with Gasteiger partial charge in [-0.1, -0.05) is 6.92 Å². The smallest absolute Gasteiger partial charge is 0.222 e. The maximum atomic E-state index is 11.4. The van der Waals surface area contributed by atoms with E-state index in [1.165, 1.54) is 0 Å². The predicted molar refractivity (Wildman–Crippen MR) is 95.0 cm³/mol. The van der Waals surface area contributed by atoms with Crippen LogP contribution in [0.3, 0.4) is 0 Å². The molecular formula is C18H28N4O2. The van der Waals surface area contributed by atoms with Gasteiger partial charge in [-0.05, 0) is 43.2 Å². The van der Waals surface area contributed by atoms with E-state index in [0.29, 0.717) is 12.0 Å². The van der Waals surface area contributed by atoms with Crippen LogP contribution >= 0.6 is 0 Å².